The molecule has 1 atom stereocenters. The van der Waals surface area contributed by atoms with Crippen LogP contribution >= 0.6 is 0 Å². The molecule has 0 aliphatic heterocycles. The molecule has 1 aliphatic rings. The van der Waals surface area contributed by atoms with Crippen LogP contribution < -0.4 is 14.2 Å². The molecule has 1 unspecified atom stereocenters. The van der Waals surface area contributed by atoms with Gasteiger partial charge in [-0.25, -0.2) is 0 Å². The van der Waals surface area contributed by atoms with Gasteiger partial charge in [-0.3, -0.25) is 0 Å². The highest BCUT2D eigenvalue weighted by atomic mass is 16.6. The quantitative estimate of drug-likeness (QED) is 0.238. The van der Waals surface area contributed by atoms with Crippen molar-refractivity contribution in [3.63, 3.8) is 0 Å². The predicted molar refractivity (Wildman–Crippen MR) is 138 cm³/mol. The number of terminal acetylenes is 1. The number of likely N-dealkylation sites (N-methyl/N-ethyl adjacent to an activating group) is 1. The van der Waals surface area contributed by atoms with Crippen LogP contribution in [0.2, 0.25) is 0 Å². The maximum atomic E-state index is 6.00. The Bertz CT molecular complexity index is 1460. The van der Waals surface area contributed by atoms with Gasteiger partial charge >= 0.3 is 0 Å². The summed E-state index contributed by atoms with van der Waals surface area (Å²) in [5.41, 5.74) is 5.89. The van der Waals surface area contributed by atoms with Crippen molar-refractivity contribution in [2.75, 3.05) is 41.5 Å². The normalized spacial score (nSPS) is 13.9. The smallest absolute Gasteiger partial charge is 0.215 e. The Morgan fingerprint density at radius 2 is 1.86 bits per heavy atom. The van der Waals surface area contributed by atoms with Crippen molar-refractivity contribution in [2.45, 2.75) is 6.10 Å². The fraction of sp³-hybridized carbons (Fsp3) is 0.250. The molecule has 2 aromatic carbocycles. The minimum atomic E-state index is -0.695. The largest absolute Gasteiger partial charge is 0.493 e. The first-order valence-corrected chi connectivity index (χ1v) is 11.5. The average Bonchev–Trinajstić information content (AvgIpc) is 3.60. The molecule has 0 radical (unpaired) electrons. The maximum Gasteiger partial charge on any atom is 0.215 e. The Morgan fingerprint density at radius 1 is 1.08 bits per heavy atom. The summed E-state index contributed by atoms with van der Waals surface area (Å²) in [6.07, 6.45) is 8.14. The Labute approximate surface area is 209 Å². The Kier molecular flexibility index (Phi) is 6.32. The monoisotopic (exact) mass is 485 g/mol. The Balaban J connectivity index is 1.62. The zero-order chi connectivity index (χ0) is 25.2. The molecule has 5 rings (SSSR count). The minimum absolute atomic E-state index is 0.582. The van der Waals surface area contributed by atoms with Crippen LogP contribution in [0, 0.1) is 12.3 Å². The first kappa shape index (κ1) is 23.4. The molecule has 184 valence electrons. The number of aromatic amines is 1. The molecular weight excluding hydrogens is 458 g/mol. The second-order valence-corrected chi connectivity index (χ2v) is 8.64. The molecule has 1 N–H and O–H groups in total. The van der Waals surface area contributed by atoms with Gasteiger partial charge in [-0.1, -0.05) is 11.1 Å². The molecular formula is C28H27N3O5. The summed E-state index contributed by atoms with van der Waals surface area (Å²) < 4.78 is 22.3. The number of rotatable bonds is 9. The number of oxime groups is 1. The number of nitrogens with one attached hydrogen (secondary N) is 1. The van der Waals surface area contributed by atoms with Gasteiger partial charge < -0.3 is 33.3 Å². The summed E-state index contributed by atoms with van der Waals surface area (Å²) in [5.74, 6) is 4.61. The van der Waals surface area contributed by atoms with Gasteiger partial charge in [0.1, 0.15) is 18.1 Å². The molecule has 8 nitrogen and oxygen atoms in total. The molecule has 0 saturated heterocycles. The summed E-state index contributed by atoms with van der Waals surface area (Å²) in [6, 6.07) is 11.6. The van der Waals surface area contributed by atoms with Crippen LogP contribution in [0.3, 0.4) is 0 Å². The van der Waals surface area contributed by atoms with Crippen LogP contribution in [0.1, 0.15) is 22.8 Å². The van der Waals surface area contributed by atoms with Crippen molar-refractivity contribution in [3.8, 4) is 40.8 Å². The average molecular weight is 486 g/mol. The zero-order valence-electron chi connectivity index (χ0n) is 20.6. The third kappa shape index (κ3) is 4.14. The molecule has 0 spiro atoms. The summed E-state index contributed by atoms with van der Waals surface area (Å²) >= 11 is 0. The molecule has 2 aromatic heterocycles. The summed E-state index contributed by atoms with van der Waals surface area (Å²) in [7, 11) is 7.25. The fourth-order valence-electron chi connectivity index (χ4n) is 4.28. The molecule has 36 heavy (non-hydrogen) atoms. The van der Waals surface area contributed by atoms with Crippen LogP contribution in [0.25, 0.3) is 22.2 Å². The molecule has 0 saturated carbocycles. The van der Waals surface area contributed by atoms with E-state index >= 15 is 0 Å². The van der Waals surface area contributed by atoms with Crippen LogP contribution in [-0.4, -0.2) is 57.1 Å². The van der Waals surface area contributed by atoms with Crippen molar-refractivity contribution in [1.29, 1.82) is 0 Å². The number of fused-ring (bicyclic) bond motifs is 5. The minimum Gasteiger partial charge on any atom is -0.493 e. The third-order valence-corrected chi connectivity index (χ3v) is 6.11. The number of H-pyrrole nitrogens is 1. The standard InChI is InChI=1S/C28H27N3O5/c1-6-23(17-9-11-34-16-17)36-30-28-20-15-25(33-5)24(32-4)14-19(20)27-26(28)21-13-18(7-8-22(21)29-27)35-12-10-31(2)3/h1,7-9,11,13-16,23,29H,10,12H2,2-5H3/b30-28+. The van der Waals surface area contributed by atoms with E-state index in [0.717, 1.165) is 45.6 Å². The number of hydrogen-bond donors (Lipinski definition) is 1. The highest BCUT2D eigenvalue weighted by Gasteiger charge is 2.32. The molecule has 0 amide bonds. The predicted octanol–water partition coefficient (Wildman–Crippen LogP) is 4.84. The van der Waals surface area contributed by atoms with Crippen LogP contribution in [0.4, 0.5) is 0 Å². The lowest BCUT2D eigenvalue weighted by atomic mass is 10.1. The highest BCUT2D eigenvalue weighted by molar-refractivity contribution is 6.30. The number of aromatic nitrogens is 1. The van der Waals surface area contributed by atoms with E-state index in [0.29, 0.717) is 29.4 Å². The molecule has 2 heterocycles. The third-order valence-electron chi connectivity index (χ3n) is 6.11. The van der Waals surface area contributed by atoms with Crippen LogP contribution in [0.5, 0.6) is 17.2 Å². The van der Waals surface area contributed by atoms with Crippen LogP contribution in [0.15, 0.2) is 58.5 Å². The van der Waals surface area contributed by atoms with E-state index in [4.69, 9.17) is 29.9 Å². The summed E-state index contributed by atoms with van der Waals surface area (Å²) in [6.45, 7) is 1.40. The molecule has 0 bridgehead atoms. The Morgan fingerprint density at radius 3 is 2.53 bits per heavy atom. The zero-order valence-corrected chi connectivity index (χ0v) is 20.6. The number of ether oxygens (including phenoxy) is 3. The van der Waals surface area contributed by atoms with Gasteiger partial charge in [0.15, 0.2) is 11.5 Å². The lowest BCUT2D eigenvalue weighted by molar-refractivity contribution is 0.0996. The van der Waals surface area contributed by atoms with Gasteiger partial charge in [-0.05, 0) is 50.5 Å². The number of furan rings is 1. The Hall–Kier alpha value is -4.35. The van der Waals surface area contributed by atoms with Gasteiger partial charge in [0.05, 0.1) is 32.4 Å². The number of hydrogen-bond acceptors (Lipinski definition) is 7. The lowest BCUT2D eigenvalue weighted by Gasteiger charge is -2.12. The maximum absolute atomic E-state index is 6.00. The van der Waals surface area contributed by atoms with E-state index in [2.05, 4.69) is 21.0 Å². The van der Waals surface area contributed by atoms with E-state index in [9.17, 15) is 0 Å². The second kappa shape index (κ2) is 9.72. The first-order chi connectivity index (χ1) is 17.5. The van der Waals surface area contributed by atoms with Crippen molar-refractivity contribution in [3.05, 3.63) is 65.6 Å². The van der Waals surface area contributed by atoms with Gasteiger partial charge in [-0.15, -0.1) is 6.42 Å². The van der Waals surface area contributed by atoms with Crippen molar-refractivity contribution < 1.29 is 23.5 Å². The van der Waals surface area contributed by atoms with E-state index in [1.165, 1.54) is 0 Å². The fourth-order valence-corrected chi connectivity index (χ4v) is 4.28. The molecule has 1 aliphatic carbocycles. The first-order valence-electron chi connectivity index (χ1n) is 11.5. The number of methoxy groups -OCH3 is 2. The van der Waals surface area contributed by atoms with Crippen molar-refractivity contribution in [2.24, 2.45) is 5.16 Å². The summed E-state index contributed by atoms with van der Waals surface area (Å²) in [4.78, 5) is 11.5. The van der Waals surface area contributed by atoms with E-state index < -0.39 is 6.10 Å². The SMILES string of the molecule is C#CC(O/N=C1\c2cc(OC)c(OC)cc2-c2[nH]c3ccc(OCCN(C)C)cc3c21)c1ccoc1. The summed E-state index contributed by atoms with van der Waals surface area (Å²) in [5, 5.41) is 5.53. The topological polar surface area (TPSA) is 81.4 Å². The van der Waals surface area contributed by atoms with E-state index in [1.54, 1.807) is 32.8 Å². The lowest BCUT2D eigenvalue weighted by Crippen LogP contribution is -2.19. The van der Waals surface area contributed by atoms with E-state index in [1.807, 2.05) is 44.4 Å². The van der Waals surface area contributed by atoms with Gasteiger partial charge in [0, 0.05) is 39.7 Å². The highest BCUT2D eigenvalue weighted by Crippen LogP contribution is 2.46. The van der Waals surface area contributed by atoms with Crippen molar-refractivity contribution >= 4 is 16.6 Å². The number of benzene rings is 2. The molecule has 8 heteroatoms. The number of nitrogens with zero attached hydrogens (tertiary/aromatic N) is 2. The van der Waals surface area contributed by atoms with Gasteiger partial charge in [-0.2, -0.15) is 0 Å². The molecule has 0 fully saturated rings. The van der Waals surface area contributed by atoms with E-state index in [-0.39, 0.29) is 0 Å². The molecule has 4 aromatic rings. The van der Waals surface area contributed by atoms with Crippen molar-refractivity contribution in [1.82, 2.24) is 9.88 Å². The van der Waals surface area contributed by atoms with Gasteiger partial charge in [0.2, 0.25) is 6.10 Å². The van der Waals surface area contributed by atoms with Gasteiger partial charge in [0.25, 0.3) is 0 Å². The second-order valence-electron chi connectivity index (χ2n) is 8.64. The van der Waals surface area contributed by atoms with Crippen LogP contribution in [-0.2, 0) is 4.84 Å².